The molecule has 88 valence electrons. The van der Waals surface area contributed by atoms with Crippen molar-refractivity contribution < 1.29 is 0 Å². The van der Waals surface area contributed by atoms with Gasteiger partial charge in [-0.2, -0.15) is 0 Å². The van der Waals surface area contributed by atoms with Crippen LogP contribution in [0.2, 0.25) is 0 Å². The van der Waals surface area contributed by atoms with Crippen molar-refractivity contribution in [2.24, 2.45) is 5.73 Å². The molecule has 0 aromatic carbocycles. The van der Waals surface area contributed by atoms with E-state index in [2.05, 4.69) is 55.4 Å². The van der Waals surface area contributed by atoms with Gasteiger partial charge in [0.15, 0.2) is 0 Å². The standard InChI is InChI=1S/C11H14Br2N2S/c12-8-5-10(16-11(8)13)9(6-14)15-7-3-1-2-4-7/h1-2,5,7,9,15H,3-4,6,14H2. The summed E-state index contributed by atoms with van der Waals surface area (Å²) in [5, 5.41) is 3.60. The first-order valence-corrected chi connectivity index (χ1v) is 7.66. The zero-order valence-electron chi connectivity index (χ0n) is 8.75. The second kappa shape index (κ2) is 5.78. The number of halogens is 2. The summed E-state index contributed by atoms with van der Waals surface area (Å²) in [4.78, 5) is 1.29. The van der Waals surface area contributed by atoms with E-state index in [4.69, 9.17) is 5.73 Å². The Kier molecular flexibility index (Phi) is 4.61. The molecule has 2 rings (SSSR count). The number of thiophene rings is 1. The molecule has 1 unspecified atom stereocenters. The second-order valence-electron chi connectivity index (χ2n) is 3.87. The molecule has 0 radical (unpaired) electrons. The predicted octanol–water partition coefficient (Wildman–Crippen LogP) is 3.58. The Bertz CT molecular complexity index is 362. The Labute approximate surface area is 117 Å². The molecule has 1 aromatic rings. The highest BCUT2D eigenvalue weighted by atomic mass is 79.9. The Balaban J connectivity index is 2.03. The molecule has 1 atom stereocenters. The first kappa shape index (κ1) is 12.8. The highest BCUT2D eigenvalue weighted by Gasteiger charge is 2.19. The molecule has 16 heavy (non-hydrogen) atoms. The number of hydrogen-bond donors (Lipinski definition) is 2. The van der Waals surface area contributed by atoms with Gasteiger partial charge in [-0.05, 0) is 50.8 Å². The number of nitrogens with two attached hydrogens (primary N) is 1. The van der Waals surface area contributed by atoms with Gasteiger partial charge in [-0.3, -0.25) is 0 Å². The lowest BCUT2D eigenvalue weighted by Gasteiger charge is -2.20. The number of hydrogen-bond acceptors (Lipinski definition) is 3. The SMILES string of the molecule is NCC(NC1CC=CC1)c1cc(Br)c(Br)s1. The van der Waals surface area contributed by atoms with E-state index in [1.54, 1.807) is 11.3 Å². The predicted molar refractivity (Wildman–Crippen MR) is 76.8 cm³/mol. The Morgan fingerprint density at radius 3 is 2.62 bits per heavy atom. The van der Waals surface area contributed by atoms with Crippen molar-refractivity contribution in [3.8, 4) is 0 Å². The van der Waals surface area contributed by atoms with Crippen molar-refractivity contribution in [3.63, 3.8) is 0 Å². The molecule has 3 N–H and O–H groups in total. The minimum atomic E-state index is 0.262. The maximum atomic E-state index is 5.84. The van der Waals surface area contributed by atoms with Crippen LogP contribution in [0, 0.1) is 0 Å². The molecule has 0 saturated heterocycles. The highest BCUT2D eigenvalue weighted by Crippen LogP contribution is 2.35. The van der Waals surface area contributed by atoms with Crippen molar-refractivity contribution in [2.75, 3.05) is 6.54 Å². The molecular formula is C11H14Br2N2S. The summed E-state index contributed by atoms with van der Waals surface area (Å²) in [5.41, 5.74) is 5.84. The quantitative estimate of drug-likeness (QED) is 0.800. The maximum Gasteiger partial charge on any atom is 0.0843 e. The van der Waals surface area contributed by atoms with Crippen LogP contribution < -0.4 is 11.1 Å². The lowest BCUT2D eigenvalue weighted by molar-refractivity contribution is 0.458. The van der Waals surface area contributed by atoms with E-state index in [-0.39, 0.29) is 6.04 Å². The van der Waals surface area contributed by atoms with Crippen molar-refractivity contribution >= 4 is 43.2 Å². The van der Waals surface area contributed by atoms with Gasteiger partial charge in [0.1, 0.15) is 0 Å². The summed E-state index contributed by atoms with van der Waals surface area (Å²) in [6.45, 7) is 0.635. The van der Waals surface area contributed by atoms with Gasteiger partial charge < -0.3 is 11.1 Å². The molecule has 0 bridgehead atoms. The van der Waals surface area contributed by atoms with Crippen molar-refractivity contribution in [1.29, 1.82) is 0 Å². The van der Waals surface area contributed by atoms with Gasteiger partial charge >= 0.3 is 0 Å². The molecule has 1 aliphatic carbocycles. The fourth-order valence-electron chi connectivity index (χ4n) is 1.84. The van der Waals surface area contributed by atoms with Gasteiger partial charge in [-0.1, -0.05) is 12.2 Å². The first-order valence-electron chi connectivity index (χ1n) is 5.26. The summed E-state index contributed by atoms with van der Waals surface area (Å²) < 4.78 is 2.24. The topological polar surface area (TPSA) is 38.0 Å². The Morgan fingerprint density at radius 1 is 1.44 bits per heavy atom. The maximum absolute atomic E-state index is 5.84. The van der Waals surface area contributed by atoms with Gasteiger partial charge in [0, 0.05) is 21.9 Å². The summed E-state index contributed by atoms with van der Waals surface area (Å²) in [6.07, 6.45) is 6.69. The van der Waals surface area contributed by atoms with E-state index in [9.17, 15) is 0 Å². The van der Waals surface area contributed by atoms with E-state index in [1.807, 2.05) is 0 Å². The van der Waals surface area contributed by atoms with E-state index in [1.165, 1.54) is 4.88 Å². The Hall–Kier alpha value is 0.320. The van der Waals surface area contributed by atoms with Crippen LogP contribution in [-0.2, 0) is 0 Å². The Morgan fingerprint density at radius 2 is 2.12 bits per heavy atom. The van der Waals surface area contributed by atoms with E-state index in [0.717, 1.165) is 21.1 Å². The fourth-order valence-corrected chi connectivity index (χ4v) is 4.00. The minimum Gasteiger partial charge on any atom is -0.329 e. The lowest BCUT2D eigenvalue weighted by atomic mass is 10.1. The second-order valence-corrected chi connectivity index (χ2v) is 7.12. The molecule has 2 nitrogen and oxygen atoms in total. The molecule has 0 spiro atoms. The summed E-state index contributed by atoms with van der Waals surface area (Å²) >= 11 is 8.76. The van der Waals surface area contributed by atoms with Crippen LogP contribution in [0.15, 0.2) is 26.5 Å². The molecule has 0 saturated carbocycles. The van der Waals surface area contributed by atoms with E-state index >= 15 is 0 Å². The monoisotopic (exact) mass is 364 g/mol. The molecule has 1 aromatic heterocycles. The molecule has 0 aliphatic heterocycles. The van der Waals surface area contributed by atoms with Gasteiger partial charge in [0.05, 0.1) is 9.83 Å². The van der Waals surface area contributed by atoms with Gasteiger partial charge in [-0.25, -0.2) is 0 Å². The minimum absolute atomic E-state index is 0.262. The highest BCUT2D eigenvalue weighted by molar-refractivity contribution is 9.13. The third-order valence-corrected chi connectivity index (χ3v) is 6.06. The first-order chi connectivity index (χ1) is 7.70. The van der Waals surface area contributed by atoms with E-state index in [0.29, 0.717) is 12.6 Å². The van der Waals surface area contributed by atoms with Gasteiger partial charge in [0.2, 0.25) is 0 Å². The average Bonchev–Trinajstić information content (AvgIpc) is 2.86. The molecule has 0 fully saturated rings. The van der Waals surface area contributed by atoms with Crippen LogP contribution >= 0.6 is 43.2 Å². The van der Waals surface area contributed by atoms with E-state index < -0.39 is 0 Å². The van der Waals surface area contributed by atoms with Crippen molar-refractivity contribution in [1.82, 2.24) is 5.32 Å². The summed E-state index contributed by atoms with van der Waals surface area (Å²) in [7, 11) is 0. The molecule has 5 heteroatoms. The zero-order chi connectivity index (χ0) is 11.5. The number of rotatable bonds is 4. The van der Waals surface area contributed by atoms with Crippen LogP contribution in [0.5, 0.6) is 0 Å². The van der Waals surface area contributed by atoms with Crippen LogP contribution in [0.25, 0.3) is 0 Å². The molecular weight excluding hydrogens is 352 g/mol. The van der Waals surface area contributed by atoms with Crippen molar-refractivity contribution in [2.45, 2.75) is 24.9 Å². The average molecular weight is 366 g/mol. The molecule has 1 aliphatic rings. The summed E-state index contributed by atoms with van der Waals surface area (Å²) in [5.74, 6) is 0. The summed E-state index contributed by atoms with van der Waals surface area (Å²) in [6, 6.07) is 2.95. The largest absolute Gasteiger partial charge is 0.329 e. The lowest BCUT2D eigenvalue weighted by Crippen LogP contribution is -2.34. The molecule has 0 amide bonds. The van der Waals surface area contributed by atoms with Crippen LogP contribution in [0.4, 0.5) is 0 Å². The third-order valence-electron chi connectivity index (χ3n) is 2.69. The van der Waals surface area contributed by atoms with Crippen LogP contribution in [-0.4, -0.2) is 12.6 Å². The molecule has 1 heterocycles. The normalized spacial score (nSPS) is 18.2. The zero-order valence-corrected chi connectivity index (χ0v) is 12.7. The van der Waals surface area contributed by atoms with Crippen molar-refractivity contribution in [3.05, 3.63) is 31.4 Å². The number of nitrogens with one attached hydrogen (secondary N) is 1. The van der Waals surface area contributed by atoms with Crippen LogP contribution in [0.3, 0.4) is 0 Å². The third kappa shape index (κ3) is 2.96. The van der Waals surface area contributed by atoms with Gasteiger partial charge in [-0.15, -0.1) is 11.3 Å². The van der Waals surface area contributed by atoms with Crippen LogP contribution in [0.1, 0.15) is 23.8 Å². The fraction of sp³-hybridized carbons (Fsp3) is 0.455. The smallest absolute Gasteiger partial charge is 0.0843 e. The van der Waals surface area contributed by atoms with Gasteiger partial charge in [0.25, 0.3) is 0 Å².